The Labute approximate surface area is 136 Å². The van der Waals surface area contributed by atoms with Crippen LogP contribution in [0.1, 0.15) is 37.2 Å². The zero-order valence-corrected chi connectivity index (χ0v) is 14.0. The van der Waals surface area contributed by atoms with Crippen molar-refractivity contribution in [3.63, 3.8) is 0 Å². The van der Waals surface area contributed by atoms with Crippen LogP contribution in [0.5, 0.6) is 0 Å². The molecule has 0 unspecified atom stereocenters. The first-order chi connectivity index (χ1) is 11.0. The van der Waals surface area contributed by atoms with Crippen LogP contribution < -0.4 is 0 Å². The van der Waals surface area contributed by atoms with Crippen molar-refractivity contribution in [2.45, 2.75) is 26.8 Å². The Hall–Kier alpha value is -2.30. The summed E-state index contributed by atoms with van der Waals surface area (Å²) in [6, 6.07) is 8.32. The van der Waals surface area contributed by atoms with Gasteiger partial charge in [-0.05, 0) is 37.4 Å². The third-order valence-electron chi connectivity index (χ3n) is 4.54. The van der Waals surface area contributed by atoms with Gasteiger partial charge in [-0.15, -0.1) is 0 Å². The number of hydrogen-bond donors (Lipinski definition) is 0. The van der Waals surface area contributed by atoms with Crippen LogP contribution in [0.2, 0.25) is 0 Å². The molecule has 5 heteroatoms. The summed E-state index contributed by atoms with van der Waals surface area (Å²) in [6.07, 6.45) is 2.06. The molecule has 1 aliphatic rings. The number of rotatable bonds is 2. The Morgan fingerprint density at radius 1 is 1.00 bits per heavy atom. The molecule has 0 saturated carbocycles. The second-order valence-corrected chi connectivity index (χ2v) is 6.39. The van der Waals surface area contributed by atoms with Crippen LogP contribution in [-0.2, 0) is 4.79 Å². The smallest absolute Gasteiger partial charge is 0.254 e. The summed E-state index contributed by atoms with van der Waals surface area (Å²) in [5.74, 6) is 0.125. The molecule has 0 radical (unpaired) electrons. The van der Waals surface area contributed by atoms with E-state index in [0.717, 1.165) is 16.5 Å². The molecule has 0 bridgehead atoms. The second-order valence-electron chi connectivity index (χ2n) is 6.39. The van der Waals surface area contributed by atoms with Crippen molar-refractivity contribution in [1.29, 1.82) is 0 Å². The third-order valence-corrected chi connectivity index (χ3v) is 4.54. The number of aromatic nitrogens is 1. The lowest BCUT2D eigenvalue weighted by Gasteiger charge is -2.34. The van der Waals surface area contributed by atoms with Crippen molar-refractivity contribution in [1.82, 2.24) is 14.4 Å². The molecular weight excluding hydrogens is 290 g/mol. The number of hydrogen-bond acceptors (Lipinski definition) is 2. The number of nitrogens with zero attached hydrogens (tertiary/aromatic N) is 3. The summed E-state index contributed by atoms with van der Waals surface area (Å²) in [5, 5.41) is 1.15. The molecule has 1 aliphatic heterocycles. The number of piperazine rings is 1. The Balaban J connectivity index is 1.81. The predicted octanol–water partition coefficient (Wildman–Crippen LogP) is 2.53. The number of carbonyl (C=O) groups excluding carboxylic acids is 2. The highest BCUT2D eigenvalue weighted by Crippen LogP contribution is 2.22. The lowest BCUT2D eigenvalue weighted by Crippen LogP contribution is -2.50. The summed E-state index contributed by atoms with van der Waals surface area (Å²) in [5.41, 5.74) is 1.81. The van der Waals surface area contributed by atoms with Crippen molar-refractivity contribution in [2.75, 3.05) is 26.2 Å². The van der Waals surface area contributed by atoms with Crippen LogP contribution in [0, 0.1) is 0 Å². The summed E-state index contributed by atoms with van der Waals surface area (Å²) in [4.78, 5) is 27.7. The van der Waals surface area contributed by atoms with Gasteiger partial charge in [0.25, 0.3) is 5.91 Å². The van der Waals surface area contributed by atoms with E-state index in [4.69, 9.17) is 0 Å². The Kier molecular flexibility index (Phi) is 4.11. The molecule has 0 atom stereocenters. The van der Waals surface area contributed by atoms with Gasteiger partial charge in [0, 0.05) is 56.4 Å². The van der Waals surface area contributed by atoms with E-state index in [1.54, 1.807) is 11.8 Å². The lowest BCUT2D eigenvalue weighted by atomic mass is 10.1. The number of carbonyl (C=O) groups is 2. The average molecular weight is 313 g/mol. The first kappa shape index (κ1) is 15.6. The van der Waals surface area contributed by atoms with E-state index in [1.807, 2.05) is 23.1 Å². The maximum Gasteiger partial charge on any atom is 0.254 e. The minimum absolute atomic E-state index is 0.0478. The number of amides is 2. The molecule has 1 saturated heterocycles. The third kappa shape index (κ3) is 2.96. The van der Waals surface area contributed by atoms with Gasteiger partial charge < -0.3 is 14.4 Å². The fraction of sp³-hybridized carbons (Fsp3) is 0.444. The fourth-order valence-corrected chi connectivity index (χ4v) is 3.14. The van der Waals surface area contributed by atoms with Gasteiger partial charge in [0.15, 0.2) is 0 Å². The highest BCUT2D eigenvalue weighted by Gasteiger charge is 2.23. The minimum Gasteiger partial charge on any atom is -0.345 e. The molecule has 1 aromatic carbocycles. The lowest BCUT2D eigenvalue weighted by molar-refractivity contribution is -0.130. The average Bonchev–Trinajstić information content (AvgIpc) is 2.97. The van der Waals surface area contributed by atoms with Gasteiger partial charge in [-0.1, -0.05) is 6.07 Å². The first-order valence-corrected chi connectivity index (χ1v) is 8.13. The number of benzene rings is 1. The first-order valence-electron chi connectivity index (χ1n) is 8.13. The van der Waals surface area contributed by atoms with Gasteiger partial charge in [-0.25, -0.2) is 0 Å². The molecule has 23 heavy (non-hydrogen) atoms. The van der Waals surface area contributed by atoms with E-state index < -0.39 is 0 Å². The molecule has 0 N–H and O–H groups in total. The summed E-state index contributed by atoms with van der Waals surface area (Å²) < 4.78 is 2.18. The Morgan fingerprint density at radius 3 is 2.26 bits per heavy atom. The van der Waals surface area contributed by atoms with Crippen LogP contribution >= 0.6 is 0 Å². The van der Waals surface area contributed by atoms with Gasteiger partial charge in [-0.3, -0.25) is 9.59 Å². The van der Waals surface area contributed by atoms with E-state index in [-0.39, 0.29) is 11.8 Å². The summed E-state index contributed by atoms with van der Waals surface area (Å²) in [6.45, 7) is 8.27. The zero-order valence-electron chi connectivity index (χ0n) is 14.0. The molecule has 2 aromatic rings. The standard InChI is InChI=1S/C18H23N3O2/c1-13(2)21-7-6-15-4-5-16(12-17(15)21)18(23)20-10-8-19(9-11-20)14(3)22/h4-7,12-13H,8-11H2,1-3H3. The summed E-state index contributed by atoms with van der Waals surface area (Å²) in [7, 11) is 0. The SMILES string of the molecule is CC(=O)N1CCN(C(=O)c2ccc3ccn(C(C)C)c3c2)CC1. The zero-order chi connectivity index (χ0) is 16.6. The molecule has 2 amide bonds. The quantitative estimate of drug-likeness (QED) is 0.855. The fourth-order valence-electron chi connectivity index (χ4n) is 3.14. The van der Waals surface area contributed by atoms with E-state index in [1.165, 1.54) is 0 Å². The van der Waals surface area contributed by atoms with Crippen molar-refractivity contribution in [2.24, 2.45) is 0 Å². The van der Waals surface area contributed by atoms with Gasteiger partial charge >= 0.3 is 0 Å². The largest absolute Gasteiger partial charge is 0.345 e. The van der Waals surface area contributed by atoms with Crippen molar-refractivity contribution < 1.29 is 9.59 Å². The normalized spacial score (nSPS) is 15.5. The van der Waals surface area contributed by atoms with Gasteiger partial charge in [0.2, 0.25) is 5.91 Å². The van der Waals surface area contributed by atoms with Crippen molar-refractivity contribution in [3.05, 3.63) is 36.0 Å². The Morgan fingerprint density at radius 2 is 1.65 bits per heavy atom. The van der Waals surface area contributed by atoms with Crippen LogP contribution in [0.3, 0.4) is 0 Å². The van der Waals surface area contributed by atoms with Crippen LogP contribution in [-0.4, -0.2) is 52.4 Å². The van der Waals surface area contributed by atoms with Crippen molar-refractivity contribution >= 4 is 22.7 Å². The van der Waals surface area contributed by atoms with Crippen LogP contribution in [0.4, 0.5) is 0 Å². The highest BCUT2D eigenvalue weighted by atomic mass is 16.2. The molecule has 1 aromatic heterocycles. The maximum absolute atomic E-state index is 12.7. The molecule has 0 aliphatic carbocycles. The summed E-state index contributed by atoms with van der Waals surface area (Å²) >= 11 is 0. The molecule has 5 nitrogen and oxygen atoms in total. The van der Waals surface area contributed by atoms with Crippen LogP contribution in [0.15, 0.2) is 30.5 Å². The maximum atomic E-state index is 12.7. The molecule has 1 fully saturated rings. The molecule has 0 spiro atoms. The topological polar surface area (TPSA) is 45.6 Å². The minimum atomic E-state index is 0.0478. The van der Waals surface area contributed by atoms with E-state index in [0.29, 0.717) is 32.2 Å². The van der Waals surface area contributed by atoms with E-state index >= 15 is 0 Å². The van der Waals surface area contributed by atoms with Gasteiger partial charge in [0.05, 0.1) is 0 Å². The van der Waals surface area contributed by atoms with Crippen molar-refractivity contribution in [3.8, 4) is 0 Å². The highest BCUT2D eigenvalue weighted by molar-refractivity contribution is 5.98. The molecule has 3 rings (SSSR count). The van der Waals surface area contributed by atoms with Gasteiger partial charge in [0.1, 0.15) is 0 Å². The Bertz CT molecular complexity index is 740. The predicted molar refractivity (Wildman–Crippen MR) is 90.5 cm³/mol. The molecule has 122 valence electrons. The second kappa shape index (κ2) is 6.07. The molecule has 2 heterocycles. The monoisotopic (exact) mass is 313 g/mol. The van der Waals surface area contributed by atoms with Gasteiger partial charge in [-0.2, -0.15) is 0 Å². The number of fused-ring (bicyclic) bond motifs is 1. The van der Waals surface area contributed by atoms with E-state index in [9.17, 15) is 9.59 Å². The van der Waals surface area contributed by atoms with E-state index in [2.05, 4.69) is 30.7 Å². The molecular formula is C18H23N3O2. The van der Waals surface area contributed by atoms with Crippen LogP contribution in [0.25, 0.3) is 10.9 Å².